The van der Waals surface area contributed by atoms with Crippen LogP contribution in [0.15, 0.2) is 24.3 Å². The third-order valence-corrected chi connectivity index (χ3v) is 9.63. The highest BCUT2D eigenvalue weighted by Gasteiger charge is 2.42. The predicted octanol–water partition coefficient (Wildman–Crippen LogP) is 5.40. The molecule has 3 nitrogen and oxygen atoms in total. The fraction of sp³-hybridized carbons (Fsp3) is 0.579. The van der Waals surface area contributed by atoms with Crippen molar-refractivity contribution in [1.29, 1.82) is 0 Å². The van der Waals surface area contributed by atoms with E-state index in [0.29, 0.717) is 0 Å². The third kappa shape index (κ3) is 3.33. The second kappa shape index (κ2) is 6.33. The van der Waals surface area contributed by atoms with Crippen molar-refractivity contribution < 1.29 is 13.9 Å². The summed E-state index contributed by atoms with van der Waals surface area (Å²) >= 11 is 0. The van der Waals surface area contributed by atoms with Gasteiger partial charge in [-0.05, 0) is 35.8 Å². The molecule has 0 spiro atoms. The van der Waals surface area contributed by atoms with Gasteiger partial charge < -0.3 is 13.9 Å². The van der Waals surface area contributed by atoms with Crippen LogP contribution in [0.3, 0.4) is 0 Å². The van der Waals surface area contributed by atoms with Crippen molar-refractivity contribution in [1.82, 2.24) is 0 Å². The van der Waals surface area contributed by atoms with Crippen molar-refractivity contribution in [2.75, 3.05) is 14.2 Å². The Bertz CT molecular complexity index is 599. The molecule has 4 heteroatoms. The van der Waals surface area contributed by atoms with E-state index in [1.807, 2.05) is 12.1 Å². The van der Waals surface area contributed by atoms with Crippen molar-refractivity contribution in [3.05, 3.63) is 35.4 Å². The number of hydrogen-bond donors (Lipinski definition) is 0. The van der Waals surface area contributed by atoms with Crippen LogP contribution >= 0.6 is 0 Å². The van der Waals surface area contributed by atoms with E-state index in [1.165, 1.54) is 5.56 Å². The maximum absolute atomic E-state index is 6.76. The van der Waals surface area contributed by atoms with Gasteiger partial charge in [-0.1, -0.05) is 39.8 Å². The molecule has 0 amide bonds. The van der Waals surface area contributed by atoms with Gasteiger partial charge in [0.05, 0.1) is 25.9 Å². The molecule has 1 aliphatic carbocycles. The summed E-state index contributed by atoms with van der Waals surface area (Å²) in [7, 11) is 1.54. The van der Waals surface area contributed by atoms with Crippen LogP contribution in [0.1, 0.15) is 44.9 Å². The molecule has 0 fully saturated rings. The van der Waals surface area contributed by atoms with E-state index < -0.39 is 8.32 Å². The van der Waals surface area contributed by atoms with Crippen LogP contribution in [0, 0.1) is 5.92 Å². The van der Waals surface area contributed by atoms with Crippen molar-refractivity contribution >= 4 is 14.1 Å². The summed E-state index contributed by atoms with van der Waals surface area (Å²) < 4.78 is 17.9. The van der Waals surface area contributed by atoms with Crippen LogP contribution < -0.4 is 4.74 Å². The van der Waals surface area contributed by atoms with Gasteiger partial charge in [-0.2, -0.15) is 0 Å². The van der Waals surface area contributed by atoms with Crippen LogP contribution in [0.25, 0.3) is 5.76 Å². The molecule has 0 N–H and O–H groups in total. The minimum atomic E-state index is -1.87. The number of rotatable bonds is 4. The van der Waals surface area contributed by atoms with Crippen molar-refractivity contribution in [2.24, 2.45) is 5.92 Å². The smallest absolute Gasteiger partial charge is 0.192 e. The third-order valence-electron chi connectivity index (χ3n) is 5.17. The zero-order valence-electron chi connectivity index (χ0n) is 15.7. The Labute approximate surface area is 141 Å². The lowest BCUT2D eigenvalue weighted by Gasteiger charge is -2.42. The molecule has 0 aromatic heterocycles. The lowest BCUT2D eigenvalue weighted by molar-refractivity contribution is 0.142. The fourth-order valence-corrected chi connectivity index (χ4v) is 4.08. The monoisotopic (exact) mass is 334 g/mol. The van der Waals surface area contributed by atoms with Crippen molar-refractivity contribution in [3.63, 3.8) is 0 Å². The van der Waals surface area contributed by atoms with Gasteiger partial charge in [0.25, 0.3) is 0 Å². The number of benzene rings is 1. The zero-order valence-corrected chi connectivity index (χ0v) is 16.7. The van der Waals surface area contributed by atoms with Crippen molar-refractivity contribution in [2.45, 2.75) is 51.9 Å². The van der Waals surface area contributed by atoms with E-state index in [9.17, 15) is 0 Å². The Morgan fingerprint density at radius 1 is 1.04 bits per heavy atom. The summed E-state index contributed by atoms with van der Waals surface area (Å²) in [4.78, 5) is 0. The summed E-state index contributed by atoms with van der Waals surface area (Å²) in [5.41, 5.74) is 2.19. The Morgan fingerprint density at radius 2 is 1.70 bits per heavy atom. The molecule has 0 heterocycles. The van der Waals surface area contributed by atoms with Crippen LogP contribution in [0.4, 0.5) is 0 Å². The van der Waals surface area contributed by atoms with Crippen LogP contribution in [0.2, 0.25) is 18.1 Å². The number of fused-ring (bicyclic) bond motifs is 1. The average molecular weight is 335 g/mol. The largest absolute Gasteiger partial charge is 0.496 e. The molecular weight excluding hydrogens is 304 g/mol. The predicted molar refractivity (Wildman–Crippen MR) is 98.2 cm³/mol. The second-order valence-electron chi connectivity index (χ2n) is 7.82. The molecule has 0 unspecified atom stereocenters. The average Bonchev–Trinajstić information content (AvgIpc) is 2.47. The number of ether oxygens (including phenoxy) is 2. The van der Waals surface area contributed by atoms with E-state index in [-0.39, 0.29) is 17.1 Å². The molecule has 0 saturated heterocycles. The zero-order chi connectivity index (χ0) is 17.4. The first kappa shape index (κ1) is 18.1. The highest BCUT2D eigenvalue weighted by atomic mass is 28.4. The van der Waals surface area contributed by atoms with E-state index in [2.05, 4.69) is 52.9 Å². The normalized spacial score (nSPS) is 21.5. The van der Waals surface area contributed by atoms with Gasteiger partial charge in [0.15, 0.2) is 8.32 Å². The van der Waals surface area contributed by atoms with Crippen molar-refractivity contribution in [3.8, 4) is 5.75 Å². The summed E-state index contributed by atoms with van der Waals surface area (Å²) in [5.74, 6) is 1.98. The molecule has 2 atom stereocenters. The van der Waals surface area contributed by atoms with Gasteiger partial charge in [0.2, 0.25) is 0 Å². The lowest BCUT2D eigenvalue weighted by atomic mass is 9.86. The number of methoxy groups -OCH3 is 2. The van der Waals surface area contributed by atoms with Gasteiger partial charge in [-0.15, -0.1) is 0 Å². The Morgan fingerprint density at radius 3 is 2.22 bits per heavy atom. The first-order valence-corrected chi connectivity index (χ1v) is 11.1. The van der Waals surface area contributed by atoms with E-state index in [0.717, 1.165) is 17.1 Å². The first-order chi connectivity index (χ1) is 10.6. The quantitative estimate of drug-likeness (QED) is 0.690. The molecule has 0 radical (unpaired) electrons. The molecular formula is C19H30O3Si. The maximum Gasteiger partial charge on any atom is 0.192 e. The molecule has 0 aliphatic heterocycles. The Kier molecular flexibility index (Phi) is 4.97. The molecule has 0 saturated carbocycles. The minimum Gasteiger partial charge on any atom is -0.496 e. The molecule has 23 heavy (non-hydrogen) atoms. The summed E-state index contributed by atoms with van der Waals surface area (Å²) in [6.45, 7) is 13.6. The lowest BCUT2D eigenvalue weighted by Crippen LogP contribution is -2.43. The summed E-state index contributed by atoms with van der Waals surface area (Å²) in [6.07, 6.45) is 2.20. The molecule has 128 valence electrons. The van der Waals surface area contributed by atoms with Gasteiger partial charge in [-0.3, -0.25) is 0 Å². The minimum absolute atomic E-state index is 0.0416. The van der Waals surface area contributed by atoms with E-state index >= 15 is 0 Å². The molecule has 1 aliphatic rings. The van der Waals surface area contributed by atoms with Crippen LogP contribution in [0.5, 0.6) is 5.75 Å². The maximum atomic E-state index is 6.76. The summed E-state index contributed by atoms with van der Waals surface area (Å²) in [5, 5.41) is 0.178. The molecule has 2 rings (SSSR count). The molecule has 0 bridgehead atoms. The fourth-order valence-electron chi connectivity index (χ4n) is 2.75. The van der Waals surface area contributed by atoms with Gasteiger partial charge in [-0.25, -0.2) is 0 Å². The topological polar surface area (TPSA) is 27.7 Å². The molecule has 1 aromatic carbocycles. The first-order valence-electron chi connectivity index (χ1n) is 8.23. The standard InChI is InChI=1S/C19H30O3Si/c1-13-12-16(21-6)17-14(10-9-11-15(17)20-5)18(13)22-23(7,8)19(2,3)4/h9-13,18H,1-8H3/t13-,18-/m1/s1. The SMILES string of the molecule is COC1=C[C@@H](C)[C@@H](O[Si](C)(C)C(C)(C)C)c2cccc(OC)c21. The van der Waals surface area contributed by atoms with Gasteiger partial charge in [0.1, 0.15) is 11.5 Å². The summed E-state index contributed by atoms with van der Waals surface area (Å²) in [6, 6.07) is 6.15. The highest BCUT2D eigenvalue weighted by molar-refractivity contribution is 6.74. The Balaban J connectivity index is 2.51. The highest BCUT2D eigenvalue weighted by Crippen LogP contribution is 2.47. The molecule has 1 aromatic rings. The Hall–Kier alpha value is -1.26. The van der Waals surface area contributed by atoms with Gasteiger partial charge in [0, 0.05) is 5.92 Å². The van der Waals surface area contributed by atoms with E-state index in [1.54, 1.807) is 14.2 Å². The van der Waals surface area contributed by atoms with E-state index in [4.69, 9.17) is 13.9 Å². The van der Waals surface area contributed by atoms with Crippen LogP contribution in [-0.2, 0) is 9.16 Å². The number of hydrogen-bond acceptors (Lipinski definition) is 3. The van der Waals surface area contributed by atoms with Gasteiger partial charge >= 0.3 is 0 Å². The second-order valence-corrected chi connectivity index (χ2v) is 12.6. The van der Waals surface area contributed by atoms with Crippen LogP contribution in [-0.4, -0.2) is 22.5 Å².